The fraction of sp³-hybridized carbons (Fsp3) is 0.250. The van der Waals surface area contributed by atoms with E-state index in [2.05, 4.69) is 56.3 Å². The van der Waals surface area contributed by atoms with Gasteiger partial charge in [0.1, 0.15) is 0 Å². The molecule has 0 radical (unpaired) electrons. The van der Waals surface area contributed by atoms with Gasteiger partial charge in [0.15, 0.2) is 0 Å². The first-order valence-electron chi connectivity index (χ1n) is 6.04. The normalized spacial score (nSPS) is 17.0. The van der Waals surface area contributed by atoms with Crippen molar-refractivity contribution in [2.45, 2.75) is 26.2 Å². The van der Waals surface area contributed by atoms with Crippen molar-refractivity contribution < 1.29 is 0 Å². The second-order valence-corrected chi connectivity index (χ2v) is 4.54. The monoisotopic (exact) mass is 208 g/mol. The van der Waals surface area contributed by atoms with Crippen LogP contribution in [-0.4, -0.2) is 0 Å². The molecular formula is C16H16. The van der Waals surface area contributed by atoms with Gasteiger partial charge >= 0.3 is 0 Å². The van der Waals surface area contributed by atoms with Crippen molar-refractivity contribution in [3.63, 3.8) is 0 Å². The average Bonchev–Trinajstić information content (AvgIpc) is 2.64. The molecule has 2 aromatic rings. The molecule has 0 nitrogen and oxygen atoms in total. The highest BCUT2D eigenvalue weighted by Gasteiger charge is 2.25. The maximum atomic E-state index is 2.31. The molecule has 0 saturated carbocycles. The molecular weight excluding hydrogens is 192 g/mol. The molecule has 0 saturated heterocycles. The van der Waals surface area contributed by atoms with E-state index in [1.165, 1.54) is 27.8 Å². The van der Waals surface area contributed by atoms with E-state index < -0.39 is 0 Å². The van der Waals surface area contributed by atoms with E-state index in [1.807, 2.05) is 0 Å². The molecule has 1 aliphatic carbocycles. The lowest BCUT2D eigenvalue weighted by atomic mass is 9.96. The van der Waals surface area contributed by atoms with Gasteiger partial charge in [-0.25, -0.2) is 0 Å². The molecule has 0 amide bonds. The van der Waals surface area contributed by atoms with E-state index >= 15 is 0 Å². The van der Waals surface area contributed by atoms with Crippen molar-refractivity contribution in [2.75, 3.05) is 0 Å². The predicted molar refractivity (Wildman–Crippen MR) is 68.8 cm³/mol. The average molecular weight is 208 g/mol. The Labute approximate surface area is 96.9 Å². The molecule has 0 N–H and O–H groups in total. The van der Waals surface area contributed by atoms with Crippen LogP contribution in [0, 0.1) is 0 Å². The number of hydrogen-bond donors (Lipinski definition) is 0. The van der Waals surface area contributed by atoms with Gasteiger partial charge in [0.2, 0.25) is 0 Å². The van der Waals surface area contributed by atoms with Gasteiger partial charge in [-0.3, -0.25) is 0 Å². The lowest BCUT2D eigenvalue weighted by molar-refractivity contribution is 0.954. The van der Waals surface area contributed by atoms with Gasteiger partial charge in [-0.2, -0.15) is 0 Å². The molecule has 0 fully saturated rings. The smallest absolute Gasteiger partial charge is 0.00734 e. The maximum absolute atomic E-state index is 2.31. The van der Waals surface area contributed by atoms with E-state index in [0.717, 1.165) is 6.42 Å². The van der Waals surface area contributed by atoms with Gasteiger partial charge in [-0.15, -0.1) is 0 Å². The molecule has 3 rings (SSSR count). The number of rotatable bonds is 1. The van der Waals surface area contributed by atoms with Crippen molar-refractivity contribution in [1.29, 1.82) is 0 Å². The van der Waals surface area contributed by atoms with Gasteiger partial charge < -0.3 is 0 Å². The van der Waals surface area contributed by atoms with Gasteiger partial charge in [0.25, 0.3) is 0 Å². The second-order valence-electron chi connectivity index (χ2n) is 4.54. The third-order valence-corrected chi connectivity index (χ3v) is 3.73. The maximum Gasteiger partial charge on any atom is 0.00734 e. The fourth-order valence-electron chi connectivity index (χ4n) is 2.87. The van der Waals surface area contributed by atoms with Crippen LogP contribution in [0.15, 0.2) is 42.5 Å². The topological polar surface area (TPSA) is 0 Å². The Morgan fingerprint density at radius 1 is 0.938 bits per heavy atom. The van der Waals surface area contributed by atoms with Crippen molar-refractivity contribution >= 4 is 0 Å². The lowest BCUT2D eigenvalue weighted by Gasteiger charge is -2.08. The molecule has 2 aromatic carbocycles. The molecule has 0 aromatic heterocycles. The van der Waals surface area contributed by atoms with Crippen LogP contribution in [-0.2, 0) is 6.42 Å². The Balaban J connectivity index is 2.35. The van der Waals surface area contributed by atoms with Crippen LogP contribution in [0.4, 0.5) is 0 Å². The number of hydrogen-bond acceptors (Lipinski definition) is 0. The van der Waals surface area contributed by atoms with E-state index in [0.29, 0.717) is 5.92 Å². The number of fused-ring (bicyclic) bond motifs is 3. The Kier molecular flexibility index (Phi) is 2.10. The summed E-state index contributed by atoms with van der Waals surface area (Å²) in [6.45, 7) is 4.55. The standard InChI is InChI=1S/C16H16/c1-3-12-7-6-10-14-11(2)13-8-4-5-9-15(13)16(12)14/h4-11H,3H2,1-2H3. The molecule has 1 atom stereocenters. The van der Waals surface area contributed by atoms with E-state index in [1.54, 1.807) is 0 Å². The van der Waals surface area contributed by atoms with E-state index in [-0.39, 0.29) is 0 Å². The predicted octanol–water partition coefficient (Wildman–Crippen LogP) is 4.38. The summed E-state index contributed by atoms with van der Waals surface area (Å²) >= 11 is 0. The molecule has 1 aliphatic rings. The summed E-state index contributed by atoms with van der Waals surface area (Å²) < 4.78 is 0. The van der Waals surface area contributed by atoms with Crippen molar-refractivity contribution in [1.82, 2.24) is 0 Å². The minimum atomic E-state index is 0.553. The quantitative estimate of drug-likeness (QED) is 0.652. The zero-order chi connectivity index (χ0) is 11.1. The molecule has 16 heavy (non-hydrogen) atoms. The van der Waals surface area contributed by atoms with E-state index in [9.17, 15) is 0 Å². The zero-order valence-corrected chi connectivity index (χ0v) is 9.83. The largest absolute Gasteiger partial charge is 0.0619 e. The minimum Gasteiger partial charge on any atom is -0.0619 e. The Morgan fingerprint density at radius 2 is 1.69 bits per heavy atom. The first kappa shape index (κ1) is 9.65. The zero-order valence-electron chi connectivity index (χ0n) is 9.83. The summed E-state index contributed by atoms with van der Waals surface area (Å²) in [4.78, 5) is 0. The van der Waals surface area contributed by atoms with Gasteiger partial charge in [0, 0.05) is 5.92 Å². The number of benzene rings is 2. The van der Waals surface area contributed by atoms with E-state index in [4.69, 9.17) is 0 Å². The summed E-state index contributed by atoms with van der Waals surface area (Å²) in [5, 5.41) is 0. The fourth-order valence-corrected chi connectivity index (χ4v) is 2.87. The molecule has 80 valence electrons. The molecule has 0 heterocycles. The summed E-state index contributed by atoms with van der Waals surface area (Å²) in [7, 11) is 0. The van der Waals surface area contributed by atoms with Gasteiger partial charge in [0.05, 0.1) is 0 Å². The summed E-state index contributed by atoms with van der Waals surface area (Å²) in [6, 6.07) is 15.5. The Morgan fingerprint density at radius 3 is 2.50 bits per heavy atom. The number of aryl methyl sites for hydroxylation is 1. The van der Waals surface area contributed by atoms with Crippen LogP contribution < -0.4 is 0 Å². The Hall–Kier alpha value is -1.56. The van der Waals surface area contributed by atoms with Crippen molar-refractivity contribution in [3.8, 4) is 11.1 Å². The molecule has 0 bridgehead atoms. The highest BCUT2D eigenvalue weighted by molar-refractivity contribution is 5.81. The highest BCUT2D eigenvalue weighted by atomic mass is 14.3. The van der Waals surface area contributed by atoms with Crippen LogP contribution in [0.5, 0.6) is 0 Å². The third kappa shape index (κ3) is 1.16. The molecule has 1 unspecified atom stereocenters. The molecule has 0 spiro atoms. The van der Waals surface area contributed by atoms with Crippen LogP contribution in [0.2, 0.25) is 0 Å². The van der Waals surface area contributed by atoms with Gasteiger partial charge in [-0.1, -0.05) is 56.3 Å². The summed E-state index contributed by atoms with van der Waals surface area (Å²) in [5.41, 5.74) is 7.41. The van der Waals surface area contributed by atoms with Gasteiger partial charge in [-0.05, 0) is 34.2 Å². The van der Waals surface area contributed by atoms with Crippen LogP contribution in [0.25, 0.3) is 11.1 Å². The van der Waals surface area contributed by atoms with Crippen molar-refractivity contribution in [3.05, 3.63) is 59.2 Å². The summed E-state index contributed by atoms with van der Waals surface area (Å²) in [5.74, 6) is 0.553. The lowest BCUT2D eigenvalue weighted by Crippen LogP contribution is -1.90. The second kappa shape index (κ2) is 3.48. The third-order valence-electron chi connectivity index (χ3n) is 3.73. The van der Waals surface area contributed by atoms with Crippen LogP contribution in [0.3, 0.4) is 0 Å². The molecule has 0 heteroatoms. The first-order valence-corrected chi connectivity index (χ1v) is 6.04. The first-order chi connectivity index (χ1) is 7.83. The SMILES string of the molecule is CCc1cccc2c1-c1ccccc1C2C. The van der Waals surface area contributed by atoms with Crippen molar-refractivity contribution in [2.24, 2.45) is 0 Å². The minimum absolute atomic E-state index is 0.553. The van der Waals surface area contributed by atoms with Crippen LogP contribution in [0.1, 0.15) is 36.5 Å². The van der Waals surface area contributed by atoms with Crippen LogP contribution >= 0.6 is 0 Å². The Bertz CT molecular complexity index is 537. The molecule has 0 aliphatic heterocycles. The summed E-state index contributed by atoms with van der Waals surface area (Å²) in [6.07, 6.45) is 1.12. The highest BCUT2D eigenvalue weighted by Crippen LogP contribution is 2.45.